The van der Waals surface area contributed by atoms with Crippen molar-refractivity contribution >= 4 is 32.4 Å². The summed E-state index contributed by atoms with van der Waals surface area (Å²) < 4.78 is 38.5. The quantitative estimate of drug-likeness (QED) is 0.876. The highest BCUT2D eigenvalue weighted by atomic mass is 79.9. The fourth-order valence-electron chi connectivity index (χ4n) is 1.86. The molecule has 0 radical (unpaired) electrons. The van der Waals surface area contributed by atoms with Crippen molar-refractivity contribution in [2.45, 2.75) is 6.18 Å². The second-order valence-corrected chi connectivity index (χ2v) is 5.10. The maximum absolute atomic E-state index is 12.5. The topological polar surface area (TPSA) is 35.8 Å². The number of rotatable bonds is 3. The largest absolute Gasteiger partial charge is 0.406 e. The van der Waals surface area contributed by atoms with Crippen LogP contribution in [0.5, 0.6) is 0 Å². The van der Waals surface area contributed by atoms with Crippen LogP contribution in [0.25, 0.3) is 10.8 Å². The first kappa shape index (κ1) is 14.7. The summed E-state index contributed by atoms with van der Waals surface area (Å²) in [5, 5.41) is 13.0. The van der Waals surface area contributed by atoms with Crippen LogP contribution in [-0.2, 0) is 0 Å². The van der Waals surface area contributed by atoms with E-state index in [1.165, 1.54) is 6.07 Å². The van der Waals surface area contributed by atoms with Gasteiger partial charge in [0.15, 0.2) is 5.92 Å². The molecule has 2 aromatic rings. The Morgan fingerprint density at radius 1 is 1.15 bits per heavy atom. The van der Waals surface area contributed by atoms with Gasteiger partial charge in [0.25, 0.3) is 0 Å². The molecule has 2 aromatic carbocycles. The molecule has 6 heteroatoms. The third kappa shape index (κ3) is 3.05. The number of halogens is 4. The Balaban J connectivity index is 2.27. The third-order valence-electron chi connectivity index (χ3n) is 2.92. The van der Waals surface area contributed by atoms with Gasteiger partial charge in [0, 0.05) is 22.1 Å². The zero-order chi connectivity index (χ0) is 14.8. The van der Waals surface area contributed by atoms with Crippen molar-refractivity contribution in [2.75, 3.05) is 11.9 Å². The predicted octanol–water partition coefficient (Wildman–Crippen LogP) is 4.72. The number of benzene rings is 2. The van der Waals surface area contributed by atoms with E-state index in [0.29, 0.717) is 5.69 Å². The Bertz CT molecular complexity index is 661. The van der Waals surface area contributed by atoms with Crippen molar-refractivity contribution in [3.05, 3.63) is 40.9 Å². The van der Waals surface area contributed by atoms with Crippen molar-refractivity contribution in [3.63, 3.8) is 0 Å². The molecule has 0 saturated carbocycles. The summed E-state index contributed by atoms with van der Waals surface area (Å²) in [6.45, 7) is -0.467. The third-order valence-corrected chi connectivity index (χ3v) is 3.61. The monoisotopic (exact) mass is 342 g/mol. The van der Waals surface area contributed by atoms with Crippen LogP contribution in [0.3, 0.4) is 0 Å². The Hall–Kier alpha value is -1.74. The molecule has 104 valence electrons. The highest BCUT2D eigenvalue weighted by Crippen LogP contribution is 2.31. The summed E-state index contributed by atoms with van der Waals surface area (Å²) in [6, 6.07) is 12.1. The Morgan fingerprint density at radius 2 is 1.80 bits per heavy atom. The van der Waals surface area contributed by atoms with Crippen molar-refractivity contribution in [1.29, 1.82) is 5.26 Å². The van der Waals surface area contributed by atoms with E-state index in [-0.39, 0.29) is 0 Å². The van der Waals surface area contributed by atoms with E-state index in [9.17, 15) is 13.2 Å². The summed E-state index contributed by atoms with van der Waals surface area (Å²) in [5.41, 5.74) is 0.577. The maximum Gasteiger partial charge on any atom is 0.406 e. The van der Waals surface area contributed by atoms with Crippen molar-refractivity contribution in [2.24, 2.45) is 5.92 Å². The van der Waals surface area contributed by atoms with Gasteiger partial charge in [0.2, 0.25) is 0 Å². The van der Waals surface area contributed by atoms with Crippen LogP contribution in [0.2, 0.25) is 0 Å². The normalized spacial score (nSPS) is 12.9. The average Bonchev–Trinajstić information content (AvgIpc) is 2.40. The lowest BCUT2D eigenvalue weighted by atomic mass is 10.1. The molecule has 0 bridgehead atoms. The number of alkyl halides is 3. The molecule has 1 unspecified atom stereocenters. The summed E-state index contributed by atoms with van der Waals surface area (Å²) in [6.07, 6.45) is -4.52. The van der Waals surface area contributed by atoms with Crippen LogP contribution in [-0.4, -0.2) is 12.7 Å². The summed E-state index contributed by atoms with van der Waals surface area (Å²) in [4.78, 5) is 0. The molecule has 1 atom stereocenters. The van der Waals surface area contributed by atoms with Crippen LogP contribution < -0.4 is 5.32 Å². The minimum atomic E-state index is -4.52. The van der Waals surface area contributed by atoms with Gasteiger partial charge < -0.3 is 5.32 Å². The van der Waals surface area contributed by atoms with Crippen LogP contribution >= 0.6 is 15.9 Å². The molecule has 0 aliphatic rings. The molecule has 0 aliphatic carbocycles. The van der Waals surface area contributed by atoms with Crippen molar-refractivity contribution in [3.8, 4) is 6.07 Å². The highest BCUT2D eigenvalue weighted by molar-refractivity contribution is 9.10. The summed E-state index contributed by atoms with van der Waals surface area (Å²) in [5.74, 6) is -2.02. The fraction of sp³-hybridized carbons (Fsp3) is 0.214. The van der Waals surface area contributed by atoms with E-state index >= 15 is 0 Å². The smallest absolute Gasteiger partial charge is 0.383 e. The minimum Gasteiger partial charge on any atom is -0.383 e. The molecule has 0 saturated heterocycles. The van der Waals surface area contributed by atoms with Gasteiger partial charge in [0.1, 0.15) is 0 Å². The first-order chi connectivity index (χ1) is 9.43. The van der Waals surface area contributed by atoms with E-state index in [1.54, 1.807) is 12.1 Å². The van der Waals surface area contributed by atoms with Crippen molar-refractivity contribution < 1.29 is 13.2 Å². The van der Waals surface area contributed by atoms with Gasteiger partial charge in [-0.3, -0.25) is 0 Å². The second-order valence-electron chi connectivity index (χ2n) is 4.24. The first-order valence-electron chi connectivity index (χ1n) is 5.81. The molecule has 2 nitrogen and oxygen atoms in total. The zero-order valence-electron chi connectivity index (χ0n) is 10.2. The van der Waals surface area contributed by atoms with E-state index in [2.05, 4.69) is 21.2 Å². The molecule has 0 aromatic heterocycles. The van der Waals surface area contributed by atoms with Gasteiger partial charge in [0.05, 0.1) is 6.07 Å². The van der Waals surface area contributed by atoms with E-state index < -0.39 is 18.6 Å². The Morgan fingerprint density at radius 3 is 2.40 bits per heavy atom. The number of hydrogen-bond acceptors (Lipinski definition) is 2. The molecule has 0 heterocycles. The number of nitriles is 1. The number of fused-ring (bicyclic) bond motifs is 1. The molecule has 0 fully saturated rings. The van der Waals surface area contributed by atoms with E-state index in [0.717, 1.165) is 15.2 Å². The van der Waals surface area contributed by atoms with Gasteiger partial charge >= 0.3 is 6.18 Å². The highest BCUT2D eigenvalue weighted by Gasteiger charge is 2.39. The predicted molar refractivity (Wildman–Crippen MR) is 75.3 cm³/mol. The van der Waals surface area contributed by atoms with Gasteiger partial charge in [-0.1, -0.05) is 40.2 Å². The second kappa shape index (κ2) is 5.71. The Kier molecular flexibility index (Phi) is 4.19. The molecule has 0 spiro atoms. The van der Waals surface area contributed by atoms with Gasteiger partial charge in [-0.2, -0.15) is 18.4 Å². The summed E-state index contributed by atoms with van der Waals surface area (Å²) in [7, 11) is 0. The van der Waals surface area contributed by atoms with E-state index in [4.69, 9.17) is 5.26 Å². The van der Waals surface area contributed by atoms with Gasteiger partial charge in [-0.25, -0.2) is 0 Å². The van der Waals surface area contributed by atoms with Crippen LogP contribution in [0, 0.1) is 17.2 Å². The zero-order valence-corrected chi connectivity index (χ0v) is 11.8. The average molecular weight is 343 g/mol. The van der Waals surface area contributed by atoms with Crippen LogP contribution in [0.1, 0.15) is 0 Å². The fourth-order valence-corrected chi connectivity index (χ4v) is 2.34. The van der Waals surface area contributed by atoms with Crippen molar-refractivity contribution in [1.82, 2.24) is 0 Å². The molecule has 1 N–H and O–H groups in total. The lowest BCUT2D eigenvalue weighted by molar-refractivity contribution is -0.155. The van der Waals surface area contributed by atoms with E-state index in [1.807, 2.05) is 24.3 Å². The minimum absolute atomic E-state index is 0.467. The number of nitrogens with zero attached hydrogens (tertiary/aromatic N) is 1. The Labute approximate surface area is 122 Å². The number of hydrogen-bond donors (Lipinski definition) is 1. The van der Waals surface area contributed by atoms with Gasteiger partial charge in [-0.15, -0.1) is 0 Å². The molecule has 20 heavy (non-hydrogen) atoms. The van der Waals surface area contributed by atoms with Crippen LogP contribution in [0.4, 0.5) is 18.9 Å². The summed E-state index contributed by atoms with van der Waals surface area (Å²) >= 11 is 3.40. The first-order valence-corrected chi connectivity index (χ1v) is 6.60. The number of anilines is 1. The molecular formula is C14H10BrF3N2. The molecule has 0 aliphatic heterocycles. The molecule has 0 amide bonds. The standard InChI is InChI=1S/C14H10BrF3N2/c15-12-5-6-13(11-4-2-1-3-10(11)12)20-8-9(7-19)14(16,17)18/h1-6,9,20H,8H2. The molecule has 2 rings (SSSR count). The molecular weight excluding hydrogens is 333 g/mol. The number of nitrogens with one attached hydrogen (secondary N) is 1. The van der Waals surface area contributed by atoms with Gasteiger partial charge in [-0.05, 0) is 17.5 Å². The van der Waals surface area contributed by atoms with Crippen LogP contribution in [0.15, 0.2) is 40.9 Å². The maximum atomic E-state index is 12.5. The lowest BCUT2D eigenvalue weighted by Gasteiger charge is -2.16. The lowest BCUT2D eigenvalue weighted by Crippen LogP contribution is -2.28. The SMILES string of the molecule is N#CC(CNc1ccc(Br)c2ccccc12)C(F)(F)F.